The lowest BCUT2D eigenvalue weighted by molar-refractivity contribution is -0.121. The molecule has 3 rings (SSSR count). The van der Waals surface area contributed by atoms with Gasteiger partial charge in [-0.3, -0.25) is 14.6 Å². The van der Waals surface area contributed by atoms with Crippen LogP contribution in [0.25, 0.3) is 0 Å². The molecule has 4 nitrogen and oxygen atoms in total. The first-order valence-electron chi connectivity index (χ1n) is 9.00. The Balaban J connectivity index is 1.54. The second-order valence-corrected chi connectivity index (χ2v) is 7.27. The van der Waals surface area contributed by atoms with Crippen LogP contribution in [-0.2, 0) is 11.3 Å². The van der Waals surface area contributed by atoms with Crippen LogP contribution in [0.15, 0.2) is 36.4 Å². The molecule has 0 aromatic heterocycles. The molecular formula is C20H21ClF3N3O. The van der Waals surface area contributed by atoms with Crippen LogP contribution < -0.4 is 5.32 Å². The first kappa shape index (κ1) is 20.6. The zero-order chi connectivity index (χ0) is 20.3. The molecule has 1 aliphatic heterocycles. The number of hydrogen-bond donors (Lipinski definition) is 1. The van der Waals surface area contributed by atoms with E-state index in [9.17, 15) is 18.0 Å². The van der Waals surface area contributed by atoms with E-state index in [-0.39, 0.29) is 5.69 Å². The first-order chi connectivity index (χ1) is 13.3. The molecule has 0 radical (unpaired) electrons. The number of hydrogen-bond acceptors (Lipinski definition) is 3. The van der Waals surface area contributed by atoms with Gasteiger partial charge in [-0.2, -0.15) is 0 Å². The van der Waals surface area contributed by atoms with E-state index >= 15 is 0 Å². The molecule has 8 heteroatoms. The minimum atomic E-state index is -1.60. The number of rotatable bonds is 5. The second-order valence-electron chi connectivity index (χ2n) is 6.83. The van der Waals surface area contributed by atoms with Crippen LogP contribution in [0.4, 0.5) is 18.9 Å². The summed E-state index contributed by atoms with van der Waals surface area (Å²) in [5.74, 6) is -4.75. The maximum Gasteiger partial charge on any atom is 0.241 e. The average molecular weight is 412 g/mol. The van der Waals surface area contributed by atoms with Gasteiger partial charge < -0.3 is 5.32 Å². The summed E-state index contributed by atoms with van der Waals surface area (Å²) in [4.78, 5) is 16.6. The van der Waals surface area contributed by atoms with Crippen molar-refractivity contribution in [1.29, 1.82) is 0 Å². The van der Waals surface area contributed by atoms with Crippen molar-refractivity contribution in [3.05, 3.63) is 64.4 Å². The molecule has 150 valence electrons. The van der Waals surface area contributed by atoms with Gasteiger partial charge in [0.2, 0.25) is 5.91 Å². The molecular weight excluding hydrogens is 391 g/mol. The van der Waals surface area contributed by atoms with E-state index in [0.29, 0.717) is 18.1 Å². The van der Waals surface area contributed by atoms with Gasteiger partial charge in [0, 0.05) is 37.7 Å². The molecule has 1 N–H and O–H groups in total. The Labute approximate surface area is 166 Å². The standard InChI is InChI=1S/C20H21ClF3N3O/c1-13(20(28)25-17-6-5-16(22)18(23)19(17)24)27-9-7-26(8-10-27)12-14-3-2-4-15(21)11-14/h2-6,11,13H,7-10,12H2,1H3,(H,25,28). The Hall–Kier alpha value is -2.09. The molecule has 0 saturated carbocycles. The number of piperazine rings is 1. The van der Waals surface area contributed by atoms with E-state index in [4.69, 9.17) is 11.6 Å². The molecule has 1 heterocycles. The van der Waals surface area contributed by atoms with Crippen LogP contribution in [0.5, 0.6) is 0 Å². The third-order valence-corrected chi connectivity index (χ3v) is 5.16. The van der Waals surface area contributed by atoms with Crippen LogP contribution in [0.1, 0.15) is 12.5 Å². The molecule has 1 amide bonds. The predicted molar refractivity (Wildman–Crippen MR) is 103 cm³/mol. The quantitative estimate of drug-likeness (QED) is 0.758. The van der Waals surface area contributed by atoms with Crippen LogP contribution in [-0.4, -0.2) is 47.9 Å². The molecule has 1 atom stereocenters. The number of nitrogens with one attached hydrogen (secondary N) is 1. The van der Waals surface area contributed by atoms with Crippen molar-refractivity contribution >= 4 is 23.2 Å². The van der Waals surface area contributed by atoms with Gasteiger partial charge in [0.15, 0.2) is 17.5 Å². The average Bonchev–Trinajstić information content (AvgIpc) is 2.68. The van der Waals surface area contributed by atoms with E-state index in [2.05, 4.69) is 10.2 Å². The lowest BCUT2D eigenvalue weighted by atomic mass is 10.1. The second kappa shape index (κ2) is 8.94. The van der Waals surface area contributed by atoms with Crippen LogP contribution >= 0.6 is 11.6 Å². The summed E-state index contributed by atoms with van der Waals surface area (Å²) in [5, 5.41) is 3.04. The van der Waals surface area contributed by atoms with Crippen molar-refractivity contribution in [2.75, 3.05) is 31.5 Å². The highest BCUT2D eigenvalue weighted by atomic mass is 35.5. The summed E-state index contributed by atoms with van der Waals surface area (Å²) in [6.07, 6.45) is 0. The van der Waals surface area contributed by atoms with Crippen molar-refractivity contribution < 1.29 is 18.0 Å². The summed E-state index contributed by atoms with van der Waals surface area (Å²) >= 11 is 6.02. The smallest absolute Gasteiger partial charge is 0.241 e. The molecule has 0 aliphatic carbocycles. The van der Waals surface area contributed by atoms with Crippen LogP contribution in [0.2, 0.25) is 5.02 Å². The lowest BCUT2D eigenvalue weighted by Gasteiger charge is -2.37. The van der Waals surface area contributed by atoms with Gasteiger partial charge in [-0.05, 0) is 36.8 Å². The van der Waals surface area contributed by atoms with Gasteiger partial charge in [0.25, 0.3) is 0 Å². The van der Waals surface area contributed by atoms with E-state index < -0.39 is 29.4 Å². The van der Waals surface area contributed by atoms with Gasteiger partial charge >= 0.3 is 0 Å². The number of anilines is 1. The van der Waals surface area contributed by atoms with Crippen LogP contribution in [0, 0.1) is 17.5 Å². The highest BCUT2D eigenvalue weighted by Gasteiger charge is 2.26. The summed E-state index contributed by atoms with van der Waals surface area (Å²) in [7, 11) is 0. The van der Waals surface area contributed by atoms with Crippen molar-refractivity contribution in [3.63, 3.8) is 0 Å². The zero-order valence-corrected chi connectivity index (χ0v) is 16.1. The highest BCUT2D eigenvalue weighted by molar-refractivity contribution is 6.30. The lowest BCUT2D eigenvalue weighted by Crippen LogP contribution is -2.52. The Morgan fingerprint density at radius 3 is 2.50 bits per heavy atom. The van der Waals surface area contributed by atoms with E-state index in [1.165, 1.54) is 0 Å². The molecule has 0 bridgehead atoms. The maximum absolute atomic E-state index is 13.8. The number of halogens is 4. The normalized spacial score (nSPS) is 16.8. The van der Waals surface area contributed by atoms with Gasteiger partial charge in [0.05, 0.1) is 11.7 Å². The van der Waals surface area contributed by atoms with Crippen molar-refractivity contribution in [3.8, 4) is 0 Å². The molecule has 2 aromatic carbocycles. The molecule has 1 unspecified atom stereocenters. The first-order valence-corrected chi connectivity index (χ1v) is 9.38. The van der Waals surface area contributed by atoms with Crippen molar-refractivity contribution in [1.82, 2.24) is 9.80 Å². The summed E-state index contributed by atoms with van der Waals surface area (Å²) < 4.78 is 40.1. The largest absolute Gasteiger partial charge is 0.322 e. The molecule has 1 aliphatic rings. The van der Waals surface area contributed by atoms with Gasteiger partial charge in [-0.1, -0.05) is 23.7 Å². The Morgan fingerprint density at radius 1 is 1.11 bits per heavy atom. The Kier molecular flexibility index (Phi) is 6.59. The van der Waals surface area contributed by atoms with Gasteiger partial charge in [-0.15, -0.1) is 0 Å². The predicted octanol–water partition coefficient (Wildman–Crippen LogP) is 3.90. The van der Waals surface area contributed by atoms with Gasteiger partial charge in [-0.25, -0.2) is 13.2 Å². The third-order valence-electron chi connectivity index (χ3n) is 4.92. The highest BCUT2D eigenvalue weighted by Crippen LogP contribution is 2.20. The zero-order valence-electron chi connectivity index (χ0n) is 15.4. The van der Waals surface area contributed by atoms with Crippen molar-refractivity contribution in [2.45, 2.75) is 19.5 Å². The SMILES string of the molecule is CC(C(=O)Nc1ccc(F)c(F)c1F)N1CCN(Cc2cccc(Cl)c2)CC1. The summed E-state index contributed by atoms with van der Waals surface area (Å²) in [6, 6.07) is 8.97. The number of carbonyl (C=O) groups is 1. The van der Waals surface area contributed by atoms with Crippen LogP contribution in [0.3, 0.4) is 0 Å². The monoisotopic (exact) mass is 411 g/mol. The topological polar surface area (TPSA) is 35.6 Å². The van der Waals surface area contributed by atoms with E-state index in [1.54, 1.807) is 6.92 Å². The minimum absolute atomic E-state index is 0.365. The minimum Gasteiger partial charge on any atom is -0.322 e. The van der Waals surface area contributed by atoms with E-state index in [0.717, 1.165) is 37.3 Å². The molecule has 1 fully saturated rings. The summed E-state index contributed by atoms with van der Waals surface area (Å²) in [5.41, 5.74) is 0.760. The number of nitrogens with zero attached hydrogens (tertiary/aromatic N) is 2. The fourth-order valence-electron chi connectivity index (χ4n) is 3.23. The molecule has 1 saturated heterocycles. The fraction of sp³-hybridized carbons (Fsp3) is 0.350. The maximum atomic E-state index is 13.8. The van der Waals surface area contributed by atoms with Gasteiger partial charge in [0.1, 0.15) is 0 Å². The Morgan fingerprint density at radius 2 is 1.82 bits per heavy atom. The van der Waals surface area contributed by atoms with E-state index in [1.807, 2.05) is 29.2 Å². The summed E-state index contributed by atoms with van der Waals surface area (Å²) in [6.45, 7) is 5.34. The Bertz CT molecular complexity index is 857. The third kappa shape index (κ3) is 4.84. The number of carbonyl (C=O) groups excluding carboxylic acids is 1. The van der Waals surface area contributed by atoms with Crippen molar-refractivity contribution in [2.24, 2.45) is 0 Å². The number of amides is 1. The fourth-order valence-corrected chi connectivity index (χ4v) is 3.44. The molecule has 28 heavy (non-hydrogen) atoms. The molecule has 0 spiro atoms. The number of benzene rings is 2. The molecule has 2 aromatic rings.